The number of nitrogens with zero attached hydrogens (tertiary/aromatic N) is 2. The topological polar surface area (TPSA) is 112 Å². The largest absolute Gasteiger partial charge is 0.464 e. The standard InChI is InChI=1S/C16H24N2O8/c1-3-23-13(19)9-25-17-11-7-5-6-8-12(11)18(16(22)15(17)21)26-10-14(20)24-4-2/h11-12H,3-10H2,1-2H3/t11-,12-/m1/s1. The quantitative estimate of drug-likeness (QED) is 0.431. The van der Waals surface area contributed by atoms with Crippen LogP contribution in [0.5, 0.6) is 0 Å². The Morgan fingerprint density at radius 2 is 1.23 bits per heavy atom. The SMILES string of the molecule is CCOC(=O)CON1C(=O)C(=O)N(OCC(=O)OCC)[C@@H]2CCCC[C@H]21. The van der Waals surface area contributed by atoms with E-state index in [1.165, 1.54) is 0 Å². The number of rotatable bonds is 8. The van der Waals surface area contributed by atoms with E-state index < -0.39 is 49.1 Å². The van der Waals surface area contributed by atoms with Gasteiger partial charge in [-0.2, -0.15) is 0 Å². The van der Waals surface area contributed by atoms with E-state index in [0.29, 0.717) is 12.8 Å². The Morgan fingerprint density at radius 1 is 0.846 bits per heavy atom. The van der Waals surface area contributed by atoms with Crippen LogP contribution in [0, 0.1) is 0 Å². The van der Waals surface area contributed by atoms with Gasteiger partial charge in [0.25, 0.3) is 0 Å². The van der Waals surface area contributed by atoms with Gasteiger partial charge in [0.05, 0.1) is 25.3 Å². The monoisotopic (exact) mass is 372 g/mol. The first kappa shape index (κ1) is 20.1. The molecule has 2 atom stereocenters. The normalized spacial score (nSPS) is 22.8. The lowest BCUT2D eigenvalue weighted by Crippen LogP contribution is -2.65. The number of amides is 2. The first-order valence-electron chi connectivity index (χ1n) is 8.73. The molecule has 1 aliphatic carbocycles. The summed E-state index contributed by atoms with van der Waals surface area (Å²) in [5.41, 5.74) is 0. The van der Waals surface area contributed by atoms with Gasteiger partial charge < -0.3 is 9.47 Å². The number of carbonyl (C=O) groups is 4. The number of esters is 2. The second-order valence-electron chi connectivity index (χ2n) is 5.84. The number of carbonyl (C=O) groups excluding carboxylic acids is 4. The van der Waals surface area contributed by atoms with Crippen LogP contribution in [0.3, 0.4) is 0 Å². The smallest absolute Gasteiger partial charge is 0.338 e. The zero-order valence-electron chi connectivity index (χ0n) is 15.0. The van der Waals surface area contributed by atoms with Crippen molar-refractivity contribution in [3.8, 4) is 0 Å². The Balaban J connectivity index is 2.06. The Hall–Kier alpha value is -2.20. The van der Waals surface area contributed by atoms with Crippen LogP contribution in [0.4, 0.5) is 0 Å². The summed E-state index contributed by atoms with van der Waals surface area (Å²) in [4.78, 5) is 58.3. The van der Waals surface area contributed by atoms with Gasteiger partial charge in [-0.25, -0.2) is 19.7 Å². The lowest BCUT2D eigenvalue weighted by atomic mass is 9.88. The summed E-state index contributed by atoms with van der Waals surface area (Å²) in [5, 5.41) is 1.90. The van der Waals surface area contributed by atoms with Crippen molar-refractivity contribution < 1.29 is 38.3 Å². The van der Waals surface area contributed by atoms with Crippen molar-refractivity contribution in [1.29, 1.82) is 0 Å². The van der Waals surface area contributed by atoms with Gasteiger partial charge >= 0.3 is 23.8 Å². The van der Waals surface area contributed by atoms with Gasteiger partial charge in [0.1, 0.15) is 0 Å². The van der Waals surface area contributed by atoms with E-state index in [1.54, 1.807) is 13.8 Å². The third-order valence-electron chi connectivity index (χ3n) is 4.13. The van der Waals surface area contributed by atoms with E-state index >= 15 is 0 Å². The number of fused-ring (bicyclic) bond motifs is 1. The van der Waals surface area contributed by atoms with Crippen molar-refractivity contribution in [3.63, 3.8) is 0 Å². The molecule has 2 aliphatic rings. The number of hydroxylamine groups is 4. The van der Waals surface area contributed by atoms with Gasteiger partial charge in [-0.05, 0) is 26.7 Å². The fourth-order valence-corrected chi connectivity index (χ4v) is 3.09. The molecule has 1 saturated carbocycles. The molecule has 0 spiro atoms. The zero-order valence-corrected chi connectivity index (χ0v) is 15.0. The van der Waals surface area contributed by atoms with Crippen LogP contribution in [0.15, 0.2) is 0 Å². The maximum absolute atomic E-state index is 12.4. The van der Waals surface area contributed by atoms with Crippen molar-refractivity contribution in [3.05, 3.63) is 0 Å². The summed E-state index contributed by atoms with van der Waals surface area (Å²) in [7, 11) is 0. The van der Waals surface area contributed by atoms with Crippen LogP contribution in [0.25, 0.3) is 0 Å². The molecule has 0 aromatic rings. The summed E-state index contributed by atoms with van der Waals surface area (Å²) in [6.07, 6.45) is 2.86. The van der Waals surface area contributed by atoms with Crippen molar-refractivity contribution in [2.24, 2.45) is 0 Å². The number of ether oxygens (including phenoxy) is 2. The van der Waals surface area contributed by atoms with Crippen molar-refractivity contribution in [2.75, 3.05) is 26.4 Å². The molecule has 2 fully saturated rings. The molecule has 1 heterocycles. The van der Waals surface area contributed by atoms with Crippen LogP contribution < -0.4 is 0 Å². The molecule has 26 heavy (non-hydrogen) atoms. The minimum Gasteiger partial charge on any atom is -0.464 e. The molecule has 146 valence electrons. The highest BCUT2D eigenvalue weighted by molar-refractivity contribution is 6.35. The maximum atomic E-state index is 12.4. The highest BCUT2D eigenvalue weighted by Crippen LogP contribution is 2.31. The highest BCUT2D eigenvalue weighted by Gasteiger charge is 2.49. The second kappa shape index (κ2) is 9.48. The van der Waals surface area contributed by atoms with Crippen molar-refractivity contribution in [1.82, 2.24) is 10.1 Å². The van der Waals surface area contributed by atoms with E-state index in [0.717, 1.165) is 23.0 Å². The molecule has 0 N–H and O–H groups in total. The molecule has 0 bridgehead atoms. The van der Waals surface area contributed by atoms with E-state index in [-0.39, 0.29) is 13.2 Å². The summed E-state index contributed by atoms with van der Waals surface area (Å²) < 4.78 is 9.53. The van der Waals surface area contributed by atoms with Gasteiger partial charge in [0.15, 0.2) is 13.2 Å². The average Bonchev–Trinajstić information content (AvgIpc) is 2.62. The lowest BCUT2D eigenvalue weighted by Gasteiger charge is -2.46. The Morgan fingerprint density at radius 3 is 1.58 bits per heavy atom. The third-order valence-corrected chi connectivity index (χ3v) is 4.13. The van der Waals surface area contributed by atoms with E-state index in [2.05, 4.69) is 0 Å². The molecular weight excluding hydrogens is 348 g/mol. The number of hydrogen-bond donors (Lipinski definition) is 0. The van der Waals surface area contributed by atoms with Gasteiger partial charge in [-0.15, -0.1) is 0 Å². The fourth-order valence-electron chi connectivity index (χ4n) is 3.09. The Bertz CT molecular complexity index is 504. The third kappa shape index (κ3) is 4.70. The van der Waals surface area contributed by atoms with E-state index in [9.17, 15) is 19.2 Å². The lowest BCUT2D eigenvalue weighted by molar-refractivity contribution is -0.264. The molecule has 10 heteroatoms. The predicted molar refractivity (Wildman–Crippen MR) is 84.9 cm³/mol. The van der Waals surface area contributed by atoms with E-state index in [4.69, 9.17) is 19.1 Å². The van der Waals surface area contributed by atoms with Crippen molar-refractivity contribution in [2.45, 2.75) is 51.6 Å². The molecule has 0 aromatic heterocycles. The summed E-state index contributed by atoms with van der Waals surface area (Å²) in [6.45, 7) is 2.78. The Kier molecular flexibility index (Phi) is 7.34. The maximum Gasteiger partial charge on any atom is 0.338 e. The van der Waals surface area contributed by atoms with Gasteiger partial charge in [-0.1, -0.05) is 12.8 Å². The molecule has 0 unspecified atom stereocenters. The summed E-state index contributed by atoms with van der Waals surface area (Å²) in [5.74, 6) is -3.13. The molecule has 0 aromatic carbocycles. The van der Waals surface area contributed by atoms with Crippen LogP contribution in [0.1, 0.15) is 39.5 Å². The summed E-state index contributed by atoms with van der Waals surface area (Å²) in [6, 6.07) is -0.906. The first-order valence-corrected chi connectivity index (χ1v) is 8.73. The molecule has 1 saturated heterocycles. The number of piperazine rings is 1. The van der Waals surface area contributed by atoms with Crippen LogP contribution in [-0.2, 0) is 38.3 Å². The van der Waals surface area contributed by atoms with Gasteiger partial charge in [0.2, 0.25) is 0 Å². The van der Waals surface area contributed by atoms with E-state index in [1.807, 2.05) is 0 Å². The molecular formula is C16H24N2O8. The molecule has 1 aliphatic heterocycles. The van der Waals surface area contributed by atoms with Gasteiger partial charge in [0, 0.05) is 0 Å². The first-order chi connectivity index (χ1) is 12.5. The fraction of sp³-hybridized carbons (Fsp3) is 0.750. The number of hydrogen-bond acceptors (Lipinski definition) is 8. The molecule has 0 radical (unpaired) electrons. The van der Waals surface area contributed by atoms with Crippen LogP contribution in [0.2, 0.25) is 0 Å². The second-order valence-corrected chi connectivity index (χ2v) is 5.84. The molecule has 10 nitrogen and oxygen atoms in total. The summed E-state index contributed by atoms with van der Waals surface area (Å²) >= 11 is 0. The van der Waals surface area contributed by atoms with Crippen LogP contribution in [-0.4, -0.2) is 72.4 Å². The Labute approximate surface area is 151 Å². The van der Waals surface area contributed by atoms with Crippen molar-refractivity contribution >= 4 is 23.8 Å². The molecule has 2 amide bonds. The highest BCUT2D eigenvalue weighted by atomic mass is 16.7. The average molecular weight is 372 g/mol. The minimum absolute atomic E-state index is 0.191. The minimum atomic E-state index is -0.943. The molecule has 2 rings (SSSR count). The van der Waals surface area contributed by atoms with Gasteiger partial charge in [-0.3, -0.25) is 19.3 Å². The zero-order chi connectivity index (χ0) is 19.1. The van der Waals surface area contributed by atoms with Crippen LogP contribution >= 0.6 is 0 Å². The predicted octanol–water partition coefficient (Wildman–Crippen LogP) is -0.0422.